The molecular weight excluding hydrogens is 272 g/mol. The van der Waals surface area contributed by atoms with E-state index in [2.05, 4.69) is 9.97 Å². The van der Waals surface area contributed by atoms with E-state index >= 15 is 0 Å². The number of nitrogens with two attached hydrogens (primary N) is 1. The van der Waals surface area contributed by atoms with E-state index in [4.69, 9.17) is 5.73 Å². The van der Waals surface area contributed by atoms with Gasteiger partial charge in [-0.25, -0.2) is 9.97 Å². The van der Waals surface area contributed by atoms with Crippen LogP contribution in [0, 0.1) is 5.92 Å². The van der Waals surface area contributed by atoms with Crippen molar-refractivity contribution in [3.8, 4) is 0 Å². The van der Waals surface area contributed by atoms with Gasteiger partial charge in [-0.15, -0.1) is 11.3 Å². The summed E-state index contributed by atoms with van der Waals surface area (Å²) >= 11 is 1.36. The number of nitrogens with zero attached hydrogens (tertiary/aromatic N) is 3. The van der Waals surface area contributed by atoms with E-state index in [1.54, 1.807) is 12.4 Å². The maximum Gasteiger partial charge on any atom is 0.266 e. The number of rotatable bonds is 4. The van der Waals surface area contributed by atoms with Gasteiger partial charge in [0.15, 0.2) is 0 Å². The molecule has 2 aliphatic carbocycles. The molecule has 20 heavy (non-hydrogen) atoms. The highest BCUT2D eigenvalue weighted by atomic mass is 32.1. The first-order valence-corrected chi connectivity index (χ1v) is 7.85. The number of amides is 1. The smallest absolute Gasteiger partial charge is 0.266 e. The third-order valence-electron chi connectivity index (χ3n) is 3.96. The zero-order valence-corrected chi connectivity index (χ0v) is 11.9. The van der Waals surface area contributed by atoms with E-state index in [1.807, 2.05) is 4.90 Å². The molecule has 2 fully saturated rings. The highest BCUT2D eigenvalue weighted by molar-refractivity contribution is 7.21. The standard InChI is InChI=1S/C14H16N4OS/c15-10-11-13(17-6-5-16-11)20-12(10)14(19)18(9-3-4-9)7-8-1-2-8/h5-6,8-9H,1-4,7,15H2. The topological polar surface area (TPSA) is 72.1 Å². The molecule has 0 atom stereocenters. The van der Waals surface area contributed by atoms with Crippen molar-refractivity contribution in [3.05, 3.63) is 17.3 Å². The van der Waals surface area contributed by atoms with Crippen LogP contribution in [0.15, 0.2) is 12.4 Å². The molecule has 104 valence electrons. The van der Waals surface area contributed by atoms with Crippen LogP contribution in [0.1, 0.15) is 35.4 Å². The highest BCUT2D eigenvalue weighted by Gasteiger charge is 2.38. The van der Waals surface area contributed by atoms with Crippen LogP contribution in [0.3, 0.4) is 0 Å². The molecule has 2 aliphatic rings. The Morgan fingerprint density at radius 3 is 2.70 bits per heavy atom. The van der Waals surface area contributed by atoms with Gasteiger partial charge < -0.3 is 10.6 Å². The Morgan fingerprint density at radius 2 is 2.05 bits per heavy atom. The summed E-state index contributed by atoms with van der Waals surface area (Å²) in [5.41, 5.74) is 7.25. The molecular formula is C14H16N4OS. The van der Waals surface area contributed by atoms with E-state index in [9.17, 15) is 4.79 Å². The number of carbonyl (C=O) groups is 1. The molecule has 1 amide bonds. The molecule has 0 radical (unpaired) electrons. The molecule has 0 aliphatic heterocycles. The van der Waals surface area contributed by atoms with Gasteiger partial charge >= 0.3 is 0 Å². The molecule has 2 aromatic heterocycles. The Balaban J connectivity index is 1.69. The fourth-order valence-corrected chi connectivity index (χ4v) is 3.47. The molecule has 4 rings (SSSR count). The zero-order valence-electron chi connectivity index (χ0n) is 11.1. The molecule has 5 nitrogen and oxygen atoms in total. The summed E-state index contributed by atoms with van der Waals surface area (Å²) in [6, 6.07) is 0.425. The fraction of sp³-hybridized carbons (Fsp3) is 0.500. The second kappa shape index (κ2) is 4.41. The fourth-order valence-electron chi connectivity index (χ4n) is 2.50. The van der Waals surface area contributed by atoms with Gasteiger partial charge in [0.2, 0.25) is 0 Å². The summed E-state index contributed by atoms with van der Waals surface area (Å²) in [6.07, 6.45) is 8.00. The van der Waals surface area contributed by atoms with Crippen LogP contribution in [-0.2, 0) is 0 Å². The third-order valence-corrected chi connectivity index (χ3v) is 5.05. The maximum absolute atomic E-state index is 12.8. The molecule has 6 heteroatoms. The van der Waals surface area contributed by atoms with Gasteiger partial charge in [0, 0.05) is 25.0 Å². The first kappa shape index (κ1) is 12.1. The lowest BCUT2D eigenvalue weighted by Crippen LogP contribution is -2.34. The first-order chi connectivity index (χ1) is 9.74. The molecule has 0 unspecified atom stereocenters. The Hall–Kier alpha value is -1.69. The number of fused-ring (bicyclic) bond motifs is 1. The summed E-state index contributed by atoms with van der Waals surface area (Å²) in [5.74, 6) is 0.771. The van der Waals surface area contributed by atoms with Crippen LogP contribution in [0.5, 0.6) is 0 Å². The molecule has 0 bridgehead atoms. The van der Waals surface area contributed by atoms with E-state index < -0.39 is 0 Å². The van der Waals surface area contributed by atoms with Gasteiger partial charge in [-0.3, -0.25) is 4.79 Å². The molecule has 2 aromatic rings. The predicted octanol–water partition coefficient (Wildman–Crippen LogP) is 2.29. The van der Waals surface area contributed by atoms with Crippen molar-refractivity contribution < 1.29 is 4.79 Å². The average Bonchev–Trinajstić information content (AvgIpc) is 3.35. The van der Waals surface area contributed by atoms with E-state index in [-0.39, 0.29) is 5.91 Å². The van der Waals surface area contributed by atoms with Gasteiger partial charge in [0.1, 0.15) is 15.2 Å². The second-order valence-electron chi connectivity index (χ2n) is 5.69. The zero-order chi connectivity index (χ0) is 13.7. The summed E-state index contributed by atoms with van der Waals surface area (Å²) in [7, 11) is 0. The second-order valence-corrected chi connectivity index (χ2v) is 6.69. The molecule has 2 N–H and O–H groups in total. The van der Waals surface area contributed by atoms with Crippen LogP contribution in [0.2, 0.25) is 0 Å². The number of aromatic nitrogens is 2. The van der Waals surface area contributed by atoms with Gasteiger partial charge in [-0.05, 0) is 31.6 Å². The molecule has 0 spiro atoms. The van der Waals surface area contributed by atoms with E-state index in [0.717, 1.165) is 24.2 Å². The van der Waals surface area contributed by atoms with Crippen LogP contribution in [-0.4, -0.2) is 33.4 Å². The monoisotopic (exact) mass is 288 g/mol. The van der Waals surface area contributed by atoms with Crippen molar-refractivity contribution in [1.29, 1.82) is 0 Å². The highest BCUT2D eigenvalue weighted by Crippen LogP contribution is 2.38. The van der Waals surface area contributed by atoms with Crippen molar-refractivity contribution in [2.45, 2.75) is 31.7 Å². The van der Waals surface area contributed by atoms with Crippen molar-refractivity contribution in [2.24, 2.45) is 5.92 Å². The minimum absolute atomic E-state index is 0.0710. The third kappa shape index (κ3) is 2.04. The SMILES string of the molecule is Nc1c(C(=O)N(CC2CC2)C2CC2)sc2nccnc12. The van der Waals surface area contributed by atoms with E-state index in [1.165, 1.54) is 24.2 Å². The quantitative estimate of drug-likeness (QED) is 0.937. The lowest BCUT2D eigenvalue weighted by Gasteiger charge is -2.21. The van der Waals surface area contributed by atoms with Gasteiger partial charge in [0.25, 0.3) is 5.91 Å². The number of carbonyl (C=O) groups excluding carboxylic acids is 1. The number of thiophene rings is 1. The lowest BCUT2D eigenvalue weighted by molar-refractivity contribution is 0.0740. The number of hydrogen-bond acceptors (Lipinski definition) is 5. The lowest BCUT2D eigenvalue weighted by atomic mass is 10.3. The van der Waals surface area contributed by atoms with Crippen molar-refractivity contribution in [1.82, 2.24) is 14.9 Å². The number of anilines is 1. The molecule has 0 aromatic carbocycles. The Bertz CT molecular complexity index is 675. The molecule has 0 saturated heterocycles. The number of hydrogen-bond donors (Lipinski definition) is 1. The van der Waals surface area contributed by atoms with E-state index in [0.29, 0.717) is 28.0 Å². The van der Waals surface area contributed by atoms with Crippen molar-refractivity contribution >= 4 is 33.3 Å². The van der Waals surface area contributed by atoms with Crippen LogP contribution < -0.4 is 5.73 Å². The summed E-state index contributed by atoms with van der Waals surface area (Å²) in [6.45, 7) is 0.887. The first-order valence-electron chi connectivity index (χ1n) is 7.04. The van der Waals surface area contributed by atoms with Gasteiger partial charge in [0.05, 0.1) is 5.69 Å². The summed E-state index contributed by atoms with van der Waals surface area (Å²) < 4.78 is 0. The number of nitrogen functional groups attached to an aromatic ring is 1. The summed E-state index contributed by atoms with van der Waals surface area (Å²) in [5, 5.41) is 0. The normalized spacial score (nSPS) is 18.4. The van der Waals surface area contributed by atoms with Crippen LogP contribution in [0.4, 0.5) is 5.69 Å². The molecule has 2 saturated carbocycles. The predicted molar refractivity (Wildman–Crippen MR) is 78.6 cm³/mol. The minimum Gasteiger partial charge on any atom is -0.396 e. The average molecular weight is 288 g/mol. The Kier molecular flexibility index (Phi) is 2.66. The van der Waals surface area contributed by atoms with Crippen molar-refractivity contribution in [3.63, 3.8) is 0 Å². The largest absolute Gasteiger partial charge is 0.396 e. The Morgan fingerprint density at radius 1 is 1.30 bits per heavy atom. The van der Waals surface area contributed by atoms with Crippen LogP contribution in [0.25, 0.3) is 10.3 Å². The summed E-state index contributed by atoms with van der Waals surface area (Å²) in [4.78, 5) is 24.6. The van der Waals surface area contributed by atoms with Gasteiger partial charge in [-0.2, -0.15) is 0 Å². The van der Waals surface area contributed by atoms with Gasteiger partial charge in [-0.1, -0.05) is 0 Å². The molecule has 2 heterocycles. The van der Waals surface area contributed by atoms with Crippen molar-refractivity contribution in [2.75, 3.05) is 12.3 Å². The van der Waals surface area contributed by atoms with Crippen LogP contribution >= 0.6 is 11.3 Å². The Labute approximate surface area is 120 Å². The maximum atomic E-state index is 12.8. The minimum atomic E-state index is 0.0710.